The summed E-state index contributed by atoms with van der Waals surface area (Å²) in [6.07, 6.45) is 5.10. The molecule has 1 fully saturated rings. The van der Waals surface area contributed by atoms with E-state index in [2.05, 4.69) is 25.3 Å². The predicted octanol–water partition coefficient (Wildman–Crippen LogP) is 2.37. The van der Waals surface area contributed by atoms with Crippen molar-refractivity contribution in [2.24, 2.45) is 5.14 Å². The van der Waals surface area contributed by atoms with Gasteiger partial charge in [0.2, 0.25) is 15.9 Å². The van der Waals surface area contributed by atoms with Gasteiger partial charge < -0.3 is 10.1 Å². The number of aromatic nitrogens is 6. The first-order valence-electron chi connectivity index (χ1n) is 11.7. The molecule has 1 aliphatic rings. The van der Waals surface area contributed by atoms with Gasteiger partial charge in [0.1, 0.15) is 17.4 Å². The number of nitrogens with zero attached hydrogens (tertiary/aromatic N) is 6. The largest absolute Gasteiger partial charge is 0.480 e. The fourth-order valence-electron chi connectivity index (χ4n) is 4.11. The van der Waals surface area contributed by atoms with E-state index >= 15 is 0 Å². The summed E-state index contributed by atoms with van der Waals surface area (Å²) in [7, 11) is -2.24. The number of sulfonamides is 1. The molecular formula is C24H26N8O4S. The SMILES string of the molecule is COc1ncnc(C2CC2)c1-c1ncc2nc(NCc3ccc(S(N)(=O)=O)cc3)c(=O)n(C(C)C)c2n1. The van der Waals surface area contributed by atoms with Crippen LogP contribution >= 0.6 is 0 Å². The van der Waals surface area contributed by atoms with E-state index in [0.717, 1.165) is 24.1 Å². The molecule has 5 rings (SSSR count). The Morgan fingerprint density at radius 3 is 2.49 bits per heavy atom. The zero-order valence-corrected chi connectivity index (χ0v) is 21.4. The zero-order valence-electron chi connectivity index (χ0n) is 20.5. The van der Waals surface area contributed by atoms with Crippen molar-refractivity contribution in [3.63, 3.8) is 0 Å². The number of ether oxygens (including phenoxy) is 1. The van der Waals surface area contributed by atoms with E-state index in [1.807, 2.05) is 13.8 Å². The lowest BCUT2D eigenvalue weighted by atomic mass is 10.1. The minimum atomic E-state index is -3.78. The summed E-state index contributed by atoms with van der Waals surface area (Å²) in [4.78, 5) is 35.9. The summed E-state index contributed by atoms with van der Waals surface area (Å²) in [5.41, 5.74) is 2.70. The van der Waals surface area contributed by atoms with Crippen molar-refractivity contribution in [1.29, 1.82) is 0 Å². The van der Waals surface area contributed by atoms with E-state index in [4.69, 9.17) is 14.9 Å². The molecule has 0 bridgehead atoms. The van der Waals surface area contributed by atoms with Crippen LogP contribution in [-0.2, 0) is 16.6 Å². The molecule has 0 spiro atoms. The molecule has 3 N–H and O–H groups in total. The third-order valence-corrected chi connectivity index (χ3v) is 7.01. The van der Waals surface area contributed by atoms with Crippen LogP contribution in [0.25, 0.3) is 22.6 Å². The summed E-state index contributed by atoms with van der Waals surface area (Å²) in [5, 5.41) is 8.21. The average molecular weight is 523 g/mol. The van der Waals surface area contributed by atoms with Crippen LogP contribution in [0.5, 0.6) is 5.88 Å². The number of hydrogen-bond acceptors (Lipinski definition) is 10. The van der Waals surface area contributed by atoms with Crippen molar-refractivity contribution >= 4 is 27.0 Å². The second kappa shape index (κ2) is 9.48. The van der Waals surface area contributed by atoms with Gasteiger partial charge >= 0.3 is 0 Å². The summed E-state index contributed by atoms with van der Waals surface area (Å²) < 4.78 is 30.0. The molecule has 12 nitrogen and oxygen atoms in total. The lowest BCUT2D eigenvalue weighted by molar-refractivity contribution is 0.397. The van der Waals surface area contributed by atoms with Gasteiger partial charge in [-0.3, -0.25) is 9.36 Å². The highest BCUT2D eigenvalue weighted by molar-refractivity contribution is 7.89. The number of hydrogen-bond donors (Lipinski definition) is 2. The van der Waals surface area contributed by atoms with Crippen LogP contribution in [0.2, 0.25) is 0 Å². The summed E-state index contributed by atoms with van der Waals surface area (Å²) in [6, 6.07) is 5.86. The molecule has 1 saturated carbocycles. The fourth-order valence-corrected chi connectivity index (χ4v) is 4.63. The van der Waals surface area contributed by atoms with Crippen molar-refractivity contribution in [3.05, 3.63) is 58.4 Å². The maximum atomic E-state index is 13.4. The molecule has 0 aliphatic heterocycles. The van der Waals surface area contributed by atoms with E-state index in [9.17, 15) is 13.2 Å². The van der Waals surface area contributed by atoms with Crippen LogP contribution < -0.4 is 20.8 Å². The molecule has 0 unspecified atom stereocenters. The zero-order chi connectivity index (χ0) is 26.3. The molecule has 3 aromatic heterocycles. The van der Waals surface area contributed by atoms with E-state index in [0.29, 0.717) is 34.3 Å². The first-order valence-corrected chi connectivity index (χ1v) is 13.3. The third kappa shape index (κ3) is 4.87. The van der Waals surface area contributed by atoms with Crippen LogP contribution in [0.4, 0.5) is 5.82 Å². The number of anilines is 1. The number of primary sulfonamides is 1. The maximum Gasteiger partial charge on any atom is 0.295 e. The van der Waals surface area contributed by atoms with Gasteiger partial charge in [-0.15, -0.1) is 0 Å². The van der Waals surface area contributed by atoms with Gasteiger partial charge in [0.05, 0.1) is 23.9 Å². The van der Waals surface area contributed by atoms with Crippen LogP contribution in [0.15, 0.2) is 46.5 Å². The number of nitrogens with two attached hydrogens (primary N) is 1. The molecule has 0 atom stereocenters. The van der Waals surface area contributed by atoms with Gasteiger partial charge in [-0.25, -0.2) is 38.5 Å². The van der Waals surface area contributed by atoms with Crippen molar-refractivity contribution in [2.45, 2.75) is 50.1 Å². The fraction of sp³-hybridized carbons (Fsp3) is 0.333. The van der Waals surface area contributed by atoms with E-state index in [1.54, 1.807) is 22.9 Å². The first-order chi connectivity index (χ1) is 17.7. The number of fused-ring (bicyclic) bond motifs is 1. The number of rotatable bonds is 8. The second-order valence-corrected chi connectivity index (χ2v) is 10.7. The lowest BCUT2D eigenvalue weighted by Crippen LogP contribution is -2.27. The lowest BCUT2D eigenvalue weighted by Gasteiger charge is -2.16. The molecular weight excluding hydrogens is 496 g/mol. The van der Waals surface area contributed by atoms with E-state index in [-0.39, 0.29) is 28.9 Å². The monoisotopic (exact) mass is 522 g/mol. The molecule has 37 heavy (non-hydrogen) atoms. The molecule has 0 radical (unpaired) electrons. The Balaban J connectivity index is 1.54. The molecule has 4 aromatic rings. The minimum Gasteiger partial charge on any atom is -0.480 e. The molecule has 1 aromatic carbocycles. The van der Waals surface area contributed by atoms with Gasteiger partial charge in [0.25, 0.3) is 5.56 Å². The summed E-state index contributed by atoms with van der Waals surface area (Å²) in [5.74, 6) is 1.20. The number of benzene rings is 1. The van der Waals surface area contributed by atoms with E-state index < -0.39 is 10.0 Å². The smallest absolute Gasteiger partial charge is 0.295 e. The Hall–Kier alpha value is -3.97. The van der Waals surface area contributed by atoms with Gasteiger partial charge in [0, 0.05) is 18.5 Å². The van der Waals surface area contributed by atoms with Crippen molar-refractivity contribution in [2.75, 3.05) is 12.4 Å². The minimum absolute atomic E-state index is 0.0143. The standard InChI is InChI=1S/C24H26N8O4S/c1-13(2)32-22-17(11-27-20(31-22)18-19(15-6-7-15)28-12-29-23(18)36-3)30-21(24(32)33)26-10-14-4-8-16(9-5-14)37(25,34)35/h4-5,8-9,11-13,15H,6-7,10H2,1-3H3,(H,26,30)(H2,25,34,35). The van der Waals surface area contributed by atoms with Gasteiger partial charge in [-0.2, -0.15) is 0 Å². The summed E-state index contributed by atoms with van der Waals surface area (Å²) in [6.45, 7) is 4.03. The topological polar surface area (TPSA) is 168 Å². The van der Waals surface area contributed by atoms with Gasteiger partial charge in [-0.05, 0) is 44.4 Å². The first kappa shape index (κ1) is 24.7. The maximum absolute atomic E-state index is 13.4. The second-order valence-electron chi connectivity index (χ2n) is 9.09. The third-order valence-electron chi connectivity index (χ3n) is 6.08. The van der Waals surface area contributed by atoms with Crippen molar-refractivity contribution in [1.82, 2.24) is 29.5 Å². The Bertz CT molecular complexity index is 1650. The Morgan fingerprint density at radius 2 is 1.86 bits per heavy atom. The molecule has 0 saturated heterocycles. The highest BCUT2D eigenvalue weighted by Crippen LogP contribution is 2.44. The highest BCUT2D eigenvalue weighted by atomic mass is 32.2. The Morgan fingerprint density at radius 1 is 1.14 bits per heavy atom. The molecule has 1 aliphatic carbocycles. The number of methoxy groups -OCH3 is 1. The molecule has 13 heteroatoms. The molecule has 0 amide bonds. The van der Waals surface area contributed by atoms with Crippen LogP contribution in [-0.4, -0.2) is 45.0 Å². The average Bonchev–Trinajstić information content (AvgIpc) is 3.72. The number of nitrogens with one attached hydrogen (secondary N) is 1. The van der Waals surface area contributed by atoms with Crippen LogP contribution in [0.3, 0.4) is 0 Å². The quantitative estimate of drug-likeness (QED) is 0.350. The van der Waals surface area contributed by atoms with Crippen molar-refractivity contribution in [3.8, 4) is 17.3 Å². The van der Waals surface area contributed by atoms with Crippen molar-refractivity contribution < 1.29 is 13.2 Å². The van der Waals surface area contributed by atoms with Gasteiger partial charge in [0.15, 0.2) is 17.3 Å². The molecule has 192 valence electrons. The normalized spacial score (nSPS) is 13.8. The van der Waals surface area contributed by atoms with Gasteiger partial charge in [-0.1, -0.05) is 12.1 Å². The predicted molar refractivity (Wildman–Crippen MR) is 137 cm³/mol. The van der Waals surface area contributed by atoms with E-state index in [1.165, 1.54) is 25.6 Å². The van der Waals surface area contributed by atoms with Crippen LogP contribution in [0, 0.1) is 0 Å². The van der Waals surface area contributed by atoms with Crippen LogP contribution in [0.1, 0.15) is 49.9 Å². The molecule has 3 heterocycles. The Labute approximate surface area is 213 Å². The summed E-state index contributed by atoms with van der Waals surface area (Å²) >= 11 is 0. The Kier molecular flexibility index (Phi) is 6.33. The highest BCUT2D eigenvalue weighted by Gasteiger charge is 2.31.